The Morgan fingerprint density at radius 1 is 0.720 bits per heavy atom. The Morgan fingerprint density at radius 3 is 1.68 bits per heavy atom. The van der Waals surface area contributed by atoms with Crippen LogP contribution in [0.25, 0.3) is 11.3 Å². The van der Waals surface area contributed by atoms with Crippen LogP contribution in [0.2, 0.25) is 0 Å². The Kier molecular flexibility index (Phi) is 4.33. The average Bonchev–Trinajstić information content (AvgIpc) is 2.56. The van der Waals surface area contributed by atoms with Gasteiger partial charge < -0.3 is 0 Å². The van der Waals surface area contributed by atoms with Gasteiger partial charge in [0.1, 0.15) is 39.2 Å². The zero-order valence-corrected chi connectivity index (χ0v) is 15.4. The van der Waals surface area contributed by atoms with Gasteiger partial charge >= 0.3 is 0 Å². The fourth-order valence-corrected chi connectivity index (χ4v) is 3.71. The second-order valence-electron chi connectivity index (χ2n) is 8.33. The molecule has 1 aliphatic rings. The van der Waals surface area contributed by atoms with E-state index in [0.29, 0.717) is 22.2 Å². The number of pyridine rings is 1. The van der Waals surface area contributed by atoms with Gasteiger partial charge in [0.15, 0.2) is 0 Å². The van der Waals surface area contributed by atoms with Gasteiger partial charge in [-0.05, 0) is 46.4 Å². The Labute approximate surface area is 157 Å². The van der Waals surface area contributed by atoms with Gasteiger partial charge in [-0.1, -0.05) is 38.6 Å². The first-order valence-corrected chi connectivity index (χ1v) is 8.50. The number of hydrogen-bond donors (Lipinski definition) is 0. The van der Waals surface area contributed by atoms with Crippen LogP contribution in [0.3, 0.4) is 0 Å². The fraction of sp³-hybridized carbons (Fsp3) is 0.421. The first-order chi connectivity index (χ1) is 11.5. The van der Waals surface area contributed by atoms with Crippen molar-refractivity contribution in [1.29, 1.82) is 0 Å². The highest BCUT2D eigenvalue weighted by Crippen LogP contribution is 2.45. The van der Waals surface area contributed by atoms with Gasteiger partial charge in [-0.25, -0.2) is 0 Å². The molecule has 0 fully saturated rings. The zero-order valence-electron chi connectivity index (χ0n) is 15.4. The van der Waals surface area contributed by atoms with E-state index < -0.39 is 0 Å². The number of benzene rings is 1. The van der Waals surface area contributed by atoms with E-state index in [9.17, 15) is 0 Å². The lowest BCUT2D eigenvalue weighted by Crippen LogP contribution is -2.55. The van der Waals surface area contributed by atoms with Crippen molar-refractivity contribution in [1.82, 2.24) is 4.98 Å². The predicted molar refractivity (Wildman–Crippen MR) is 112 cm³/mol. The minimum absolute atomic E-state index is 0.0525. The smallest absolute Gasteiger partial charge is 0.113 e. The molecule has 0 saturated heterocycles. The number of rotatable bonds is 1. The van der Waals surface area contributed by atoms with Crippen LogP contribution in [0.15, 0.2) is 12.3 Å². The molecule has 1 aromatic heterocycles. The second kappa shape index (κ2) is 5.86. The summed E-state index contributed by atoms with van der Waals surface area (Å²) in [5.41, 5.74) is 5.28. The minimum Gasteiger partial charge on any atom is -0.256 e. The van der Waals surface area contributed by atoms with Gasteiger partial charge in [0, 0.05) is 6.20 Å². The third kappa shape index (κ3) is 2.82. The summed E-state index contributed by atoms with van der Waals surface area (Å²) in [5, 5.41) is 0. The van der Waals surface area contributed by atoms with E-state index in [1.54, 1.807) is 0 Å². The summed E-state index contributed by atoms with van der Waals surface area (Å²) in [6.45, 7) is 9.02. The van der Waals surface area contributed by atoms with Gasteiger partial charge in [0.25, 0.3) is 0 Å². The summed E-state index contributed by atoms with van der Waals surface area (Å²) < 4.78 is 0. The van der Waals surface area contributed by atoms with Crippen molar-refractivity contribution in [3.8, 4) is 11.3 Å². The SMILES string of the molecule is [B]c1c([B])c([B])c(-c2cc3c(cn2)C(C)(C)CCC3(C)C)c([B])c1[B]. The summed E-state index contributed by atoms with van der Waals surface area (Å²) in [4.78, 5) is 4.65. The summed E-state index contributed by atoms with van der Waals surface area (Å²) in [5.74, 6) is 0. The molecule has 1 aliphatic carbocycles. The molecule has 1 aromatic carbocycles. The van der Waals surface area contributed by atoms with Crippen molar-refractivity contribution in [2.45, 2.75) is 51.4 Å². The lowest BCUT2D eigenvalue weighted by atomic mass is 9.59. The largest absolute Gasteiger partial charge is 0.256 e. The average molecular weight is 314 g/mol. The topological polar surface area (TPSA) is 12.9 Å². The molecule has 0 aliphatic heterocycles. The molecule has 0 atom stereocenters. The van der Waals surface area contributed by atoms with E-state index in [-0.39, 0.29) is 27.2 Å². The molecular weight excluding hydrogens is 296 g/mol. The quantitative estimate of drug-likeness (QED) is 0.620. The van der Waals surface area contributed by atoms with Crippen molar-refractivity contribution in [3.63, 3.8) is 0 Å². The van der Waals surface area contributed by atoms with Gasteiger partial charge in [-0.3, -0.25) is 4.98 Å². The maximum atomic E-state index is 6.20. The highest BCUT2D eigenvalue weighted by molar-refractivity contribution is 6.68. The molecule has 0 amide bonds. The molecule has 0 saturated carbocycles. The van der Waals surface area contributed by atoms with E-state index >= 15 is 0 Å². The zero-order chi connectivity index (χ0) is 18.7. The maximum absolute atomic E-state index is 6.20. The molecular formula is C19H18B5N. The van der Waals surface area contributed by atoms with Crippen LogP contribution in [-0.4, -0.2) is 44.2 Å². The van der Waals surface area contributed by atoms with Gasteiger partial charge in [-0.2, -0.15) is 0 Å². The van der Waals surface area contributed by atoms with E-state index in [1.807, 2.05) is 6.20 Å². The first kappa shape index (κ1) is 18.5. The molecule has 1 nitrogen and oxygen atoms in total. The molecule has 3 rings (SSSR count). The molecule has 2 aromatic rings. The van der Waals surface area contributed by atoms with Crippen molar-refractivity contribution in [2.75, 3.05) is 0 Å². The number of nitrogens with zero attached hydrogens (tertiary/aromatic N) is 1. The lowest BCUT2D eigenvalue weighted by molar-refractivity contribution is 0.331. The van der Waals surface area contributed by atoms with Crippen LogP contribution in [0.5, 0.6) is 0 Å². The Balaban J connectivity index is 2.29. The molecule has 0 N–H and O–H groups in total. The van der Waals surface area contributed by atoms with E-state index in [0.717, 1.165) is 12.8 Å². The van der Waals surface area contributed by atoms with Gasteiger partial charge in [-0.15, -0.1) is 16.4 Å². The summed E-state index contributed by atoms with van der Waals surface area (Å²) in [6, 6.07) is 2.08. The number of fused-ring (bicyclic) bond motifs is 1. The van der Waals surface area contributed by atoms with Crippen LogP contribution >= 0.6 is 0 Å². The van der Waals surface area contributed by atoms with Crippen LogP contribution in [0.4, 0.5) is 0 Å². The second-order valence-corrected chi connectivity index (χ2v) is 8.33. The standard InChI is InChI=1S/C19H18B5N/c1-18(2)5-6-19(3,4)10-8-25-11(7-9(10)18)12-13(20)15(22)17(24)16(23)14(12)21/h7-8H,5-6H2,1-4H3. The number of hydrogen-bond acceptors (Lipinski definition) is 1. The minimum atomic E-state index is 0.0525. The summed E-state index contributed by atoms with van der Waals surface area (Å²) >= 11 is 0. The Bertz CT molecular complexity index is 842. The molecule has 0 bridgehead atoms. The normalized spacial score (nSPS) is 17.9. The molecule has 114 valence electrons. The van der Waals surface area contributed by atoms with Crippen molar-refractivity contribution < 1.29 is 0 Å². The van der Waals surface area contributed by atoms with Gasteiger partial charge in [0.2, 0.25) is 0 Å². The predicted octanol–water partition coefficient (Wildman–Crippen LogP) is -0.933. The van der Waals surface area contributed by atoms with E-state index in [2.05, 4.69) is 38.7 Å². The third-order valence-corrected chi connectivity index (χ3v) is 5.69. The van der Waals surface area contributed by atoms with Crippen LogP contribution < -0.4 is 27.3 Å². The van der Waals surface area contributed by atoms with Crippen LogP contribution in [-0.2, 0) is 10.8 Å². The summed E-state index contributed by atoms with van der Waals surface area (Å²) in [7, 11) is 30.3. The molecule has 6 heteroatoms. The van der Waals surface area contributed by atoms with E-state index in [1.165, 1.54) is 11.1 Å². The fourth-order valence-electron chi connectivity index (χ4n) is 3.71. The molecule has 0 unspecified atom stereocenters. The Morgan fingerprint density at radius 2 is 1.16 bits per heavy atom. The van der Waals surface area contributed by atoms with Gasteiger partial charge in [0.05, 0.1) is 5.69 Å². The maximum Gasteiger partial charge on any atom is 0.113 e. The van der Waals surface area contributed by atoms with Crippen LogP contribution in [0, 0.1) is 0 Å². The molecule has 25 heavy (non-hydrogen) atoms. The van der Waals surface area contributed by atoms with Crippen molar-refractivity contribution >= 4 is 66.5 Å². The first-order valence-electron chi connectivity index (χ1n) is 8.50. The highest BCUT2D eigenvalue weighted by Gasteiger charge is 2.37. The molecule has 10 radical (unpaired) electrons. The lowest BCUT2D eigenvalue weighted by Gasteiger charge is -2.41. The summed E-state index contributed by atoms with van der Waals surface area (Å²) in [6.07, 6.45) is 4.17. The van der Waals surface area contributed by atoms with Crippen molar-refractivity contribution in [2.24, 2.45) is 0 Å². The van der Waals surface area contributed by atoms with Crippen LogP contribution in [0.1, 0.15) is 51.7 Å². The Hall–Kier alpha value is -1.31. The van der Waals surface area contributed by atoms with E-state index in [4.69, 9.17) is 39.2 Å². The third-order valence-electron chi connectivity index (χ3n) is 5.69. The monoisotopic (exact) mass is 315 g/mol. The van der Waals surface area contributed by atoms with Crippen molar-refractivity contribution in [3.05, 3.63) is 23.4 Å². The highest BCUT2D eigenvalue weighted by atomic mass is 14.7. The molecule has 1 heterocycles. The number of aromatic nitrogens is 1. The molecule has 0 spiro atoms.